The van der Waals surface area contributed by atoms with E-state index in [1.807, 2.05) is 31.2 Å². The number of aromatic nitrogens is 1. The Kier molecular flexibility index (Phi) is 9.47. The maximum absolute atomic E-state index is 13.8. The summed E-state index contributed by atoms with van der Waals surface area (Å²) in [6, 6.07) is 12.1. The molecule has 5 nitrogen and oxygen atoms in total. The third-order valence-corrected chi connectivity index (χ3v) is 3.33. The van der Waals surface area contributed by atoms with Crippen LogP contribution in [0.25, 0.3) is 0 Å². The minimum atomic E-state index is -0.359. The fourth-order valence-corrected chi connectivity index (χ4v) is 2.13. The summed E-state index contributed by atoms with van der Waals surface area (Å²) >= 11 is 0. The smallest absolute Gasteiger partial charge is 0.191 e. The number of halogens is 2. The highest BCUT2D eigenvalue weighted by molar-refractivity contribution is 14.0. The quantitative estimate of drug-likeness (QED) is 0.401. The summed E-state index contributed by atoms with van der Waals surface area (Å²) in [5, 5.41) is 15.2. The fourth-order valence-electron chi connectivity index (χ4n) is 2.13. The number of nitrogens with zero attached hydrogens (tertiary/aromatic N) is 3. The molecule has 2 N–H and O–H groups in total. The maximum Gasteiger partial charge on any atom is 0.191 e. The zero-order valence-corrected chi connectivity index (χ0v) is 16.3. The van der Waals surface area contributed by atoms with E-state index in [1.165, 1.54) is 18.2 Å². The average molecular weight is 453 g/mol. The molecule has 2 aromatic rings. The summed E-state index contributed by atoms with van der Waals surface area (Å²) in [6.07, 6.45) is 2.53. The fraction of sp³-hybridized carbons (Fsp3) is 0.278. The predicted octanol–water partition coefficient (Wildman–Crippen LogP) is 3.01. The second-order valence-corrected chi connectivity index (χ2v) is 5.11. The van der Waals surface area contributed by atoms with Crippen LogP contribution in [0.2, 0.25) is 0 Å². The van der Waals surface area contributed by atoms with Crippen molar-refractivity contribution < 1.29 is 4.39 Å². The summed E-state index contributed by atoms with van der Waals surface area (Å²) in [5.74, 6) is 0.247. The second kappa shape index (κ2) is 11.4. The first-order valence-corrected chi connectivity index (χ1v) is 7.83. The Morgan fingerprint density at radius 3 is 2.80 bits per heavy atom. The normalized spacial score (nSPS) is 10.5. The molecule has 132 valence electrons. The van der Waals surface area contributed by atoms with E-state index in [-0.39, 0.29) is 36.3 Å². The summed E-state index contributed by atoms with van der Waals surface area (Å²) in [6.45, 7) is 3.51. The zero-order valence-electron chi connectivity index (χ0n) is 14.0. The lowest BCUT2D eigenvalue weighted by molar-refractivity contribution is 0.610. The van der Waals surface area contributed by atoms with Gasteiger partial charge in [-0.1, -0.05) is 6.07 Å². The molecule has 0 amide bonds. The number of aliphatic imine (C=N–C) groups is 1. The van der Waals surface area contributed by atoms with E-state index in [4.69, 9.17) is 5.26 Å². The minimum Gasteiger partial charge on any atom is -0.357 e. The van der Waals surface area contributed by atoms with E-state index >= 15 is 0 Å². The van der Waals surface area contributed by atoms with Gasteiger partial charge < -0.3 is 10.6 Å². The highest BCUT2D eigenvalue weighted by atomic mass is 127. The van der Waals surface area contributed by atoms with E-state index in [9.17, 15) is 4.39 Å². The predicted molar refractivity (Wildman–Crippen MR) is 107 cm³/mol. The number of hydrogen-bond acceptors (Lipinski definition) is 3. The van der Waals surface area contributed by atoms with Gasteiger partial charge in [-0.05, 0) is 37.3 Å². The highest BCUT2D eigenvalue weighted by Crippen LogP contribution is 2.11. The monoisotopic (exact) mass is 453 g/mol. The number of nitriles is 1. The topological polar surface area (TPSA) is 73.1 Å². The van der Waals surface area contributed by atoms with Gasteiger partial charge in [0.25, 0.3) is 0 Å². The van der Waals surface area contributed by atoms with Crippen molar-refractivity contribution in [3.63, 3.8) is 0 Å². The van der Waals surface area contributed by atoms with E-state index in [0.717, 1.165) is 12.1 Å². The van der Waals surface area contributed by atoms with Crippen LogP contribution < -0.4 is 10.6 Å². The van der Waals surface area contributed by atoms with Gasteiger partial charge in [-0.25, -0.2) is 9.38 Å². The Morgan fingerprint density at radius 2 is 2.12 bits per heavy atom. The standard InChI is InChI=1S/C18H20FN5.HI/c1-2-21-18(23-10-8-16-5-3-4-9-22-16)24-13-15-11-14(12-20)6-7-17(15)19;/h3-7,9,11H,2,8,10,13H2,1H3,(H2,21,23,24);1H. The van der Waals surface area contributed by atoms with Crippen LogP contribution in [-0.4, -0.2) is 24.0 Å². The summed E-state index contributed by atoms with van der Waals surface area (Å²) in [4.78, 5) is 8.64. The molecule has 2 rings (SSSR count). The molecule has 0 saturated heterocycles. The van der Waals surface area contributed by atoms with Crippen molar-refractivity contribution >= 4 is 29.9 Å². The Bertz CT molecular complexity index is 728. The maximum atomic E-state index is 13.8. The molecule has 0 bridgehead atoms. The molecule has 1 aromatic carbocycles. The number of guanidine groups is 1. The number of hydrogen-bond donors (Lipinski definition) is 2. The Balaban J connectivity index is 0.00000312. The van der Waals surface area contributed by atoms with E-state index in [0.29, 0.717) is 30.2 Å². The molecule has 0 spiro atoms. The van der Waals surface area contributed by atoms with Crippen molar-refractivity contribution in [2.45, 2.75) is 19.9 Å². The second-order valence-electron chi connectivity index (χ2n) is 5.11. The first-order chi connectivity index (χ1) is 11.7. The largest absolute Gasteiger partial charge is 0.357 e. The highest BCUT2D eigenvalue weighted by Gasteiger charge is 2.04. The Labute approximate surface area is 164 Å². The number of benzene rings is 1. The Hall–Kier alpha value is -2.21. The third-order valence-electron chi connectivity index (χ3n) is 3.33. The molecule has 0 aliphatic heterocycles. The van der Waals surface area contributed by atoms with Crippen LogP contribution in [0.15, 0.2) is 47.6 Å². The van der Waals surface area contributed by atoms with Gasteiger partial charge in [0.2, 0.25) is 0 Å². The van der Waals surface area contributed by atoms with Crippen LogP contribution in [0.5, 0.6) is 0 Å². The molecule has 0 atom stereocenters. The zero-order chi connectivity index (χ0) is 17.2. The van der Waals surface area contributed by atoms with Gasteiger partial charge in [0.05, 0.1) is 18.2 Å². The first-order valence-electron chi connectivity index (χ1n) is 7.83. The SMILES string of the molecule is CCNC(=NCc1cc(C#N)ccc1F)NCCc1ccccn1.I. The Morgan fingerprint density at radius 1 is 1.28 bits per heavy atom. The molecule has 25 heavy (non-hydrogen) atoms. The lowest BCUT2D eigenvalue weighted by Gasteiger charge is -2.11. The van der Waals surface area contributed by atoms with E-state index < -0.39 is 0 Å². The molecular weight excluding hydrogens is 432 g/mol. The van der Waals surface area contributed by atoms with Crippen LogP contribution in [0.1, 0.15) is 23.7 Å². The van der Waals surface area contributed by atoms with Gasteiger partial charge in [0, 0.05) is 37.0 Å². The van der Waals surface area contributed by atoms with E-state index in [1.54, 1.807) is 6.20 Å². The van der Waals surface area contributed by atoms with Crippen molar-refractivity contribution in [3.8, 4) is 6.07 Å². The van der Waals surface area contributed by atoms with Gasteiger partial charge >= 0.3 is 0 Å². The van der Waals surface area contributed by atoms with Crippen LogP contribution in [0.4, 0.5) is 4.39 Å². The van der Waals surface area contributed by atoms with Crippen molar-refractivity contribution in [1.82, 2.24) is 15.6 Å². The molecule has 7 heteroatoms. The number of pyridine rings is 1. The summed E-state index contributed by atoms with van der Waals surface area (Å²) in [5.41, 5.74) is 1.82. The van der Waals surface area contributed by atoms with Crippen LogP contribution in [0, 0.1) is 17.1 Å². The van der Waals surface area contributed by atoms with Crippen LogP contribution in [-0.2, 0) is 13.0 Å². The molecule has 1 aromatic heterocycles. The molecule has 0 fully saturated rings. The van der Waals surface area contributed by atoms with Gasteiger partial charge in [-0.3, -0.25) is 4.98 Å². The molecule has 0 radical (unpaired) electrons. The van der Waals surface area contributed by atoms with Gasteiger partial charge in [-0.15, -0.1) is 24.0 Å². The molecule has 0 aliphatic rings. The third kappa shape index (κ3) is 7.05. The van der Waals surface area contributed by atoms with Crippen molar-refractivity contribution in [2.75, 3.05) is 13.1 Å². The molecule has 0 aliphatic carbocycles. The van der Waals surface area contributed by atoms with E-state index in [2.05, 4.69) is 20.6 Å². The van der Waals surface area contributed by atoms with Crippen LogP contribution >= 0.6 is 24.0 Å². The first kappa shape index (κ1) is 20.8. The lowest BCUT2D eigenvalue weighted by atomic mass is 10.1. The van der Waals surface area contributed by atoms with Gasteiger partial charge in [0.1, 0.15) is 5.82 Å². The van der Waals surface area contributed by atoms with Gasteiger partial charge in [-0.2, -0.15) is 5.26 Å². The molecule has 1 heterocycles. The minimum absolute atomic E-state index is 0. The summed E-state index contributed by atoms with van der Waals surface area (Å²) in [7, 11) is 0. The average Bonchev–Trinajstić information content (AvgIpc) is 2.61. The lowest BCUT2D eigenvalue weighted by Crippen LogP contribution is -2.38. The van der Waals surface area contributed by atoms with Crippen molar-refractivity contribution in [2.24, 2.45) is 4.99 Å². The number of nitrogens with one attached hydrogen (secondary N) is 2. The van der Waals surface area contributed by atoms with Crippen molar-refractivity contribution in [3.05, 3.63) is 65.2 Å². The molecule has 0 saturated carbocycles. The van der Waals surface area contributed by atoms with Gasteiger partial charge in [0.15, 0.2) is 5.96 Å². The molecular formula is C18H21FIN5. The molecule has 0 unspecified atom stereocenters. The number of rotatable bonds is 6. The summed E-state index contributed by atoms with van der Waals surface area (Å²) < 4.78 is 13.8. The van der Waals surface area contributed by atoms with Crippen LogP contribution in [0.3, 0.4) is 0 Å². The van der Waals surface area contributed by atoms with Crippen molar-refractivity contribution in [1.29, 1.82) is 5.26 Å².